The van der Waals surface area contributed by atoms with Gasteiger partial charge in [0.05, 0.1) is 0 Å². The fourth-order valence-corrected chi connectivity index (χ4v) is 4.48. The number of nitrogens with one attached hydrogen (secondary N) is 1. The van der Waals surface area contributed by atoms with E-state index in [1.54, 1.807) is 6.20 Å². The summed E-state index contributed by atoms with van der Waals surface area (Å²) in [6, 6.07) is 12.1. The van der Waals surface area contributed by atoms with Crippen LogP contribution < -0.4 is 5.32 Å². The van der Waals surface area contributed by atoms with Crippen LogP contribution in [0.15, 0.2) is 55.0 Å². The largest absolute Gasteiger partial charge is 0.340 e. The maximum atomic E-state index is 13.3. The number of hydrogen-bond acceptors (Lipinski definition) is 5. The number of hydrogen-bond donors (Lipinski definition) is 1. The molecule has 1 atom stereocenters. The van der Waals surface area contributed by atoms with Gasteiger partial charge in [-0.05, 0) is 75.1 Å². The molecule has 1 fully saturated rings. The molecule has 0 bridgehead atoms. The minimum absolute atomic E-state index is 0.0174. The number of imidazole rings is 1. The van der Waals surface area contributed by atoms with Crippen LogP contribution in [0.25, 0.3) is 5.65 Å². The number of aryl methyl sites for hydroxylation is 3. The number of nitrogens with zero attached hydrogens (tertiary/aromatic N) is 5. The van der Waals surface area contributed by atoms with Crippen LogP contribution in [0.2, 0.25) is 0 Å². The summed E-state index contributed by atoms with van der Waals surface area (Å²) < 4.78 is 1.90. The molecule has 1 saturated heterocycles. The van der Waals surface area contributed by atoms with E-state index in [-0.39, 0.29) is 11.8 Å². The first-order valence-corrected chi connectivity index (χ1v) is 11.4. The van der Waals surface area contributed by atoms with E-state index in [4.69, 9.17) is 4.98 Å². The monoisotopic (exact) mass is 440 g/mol. The van der Waals surface area contributed by atoms with Gasteiger partial charge in [0.1, 0.15) is 17.2 Å². The second-order valence-electron chi connectivity index (χ2n) is 8.90. The Balaban J connectivity index is 1.36. The number of carbonyl (C=O) groups is 1. The van der Waals surface area contributed by atoms with Crippen molar-refractivity contribution < 1.29 is 4.79 Å². The highest BCUT2D eigenvalue weighted by Crippen LogP contribution is 2.29. The number of aromatic nitrogens is 4. The second kappa shape index (κ2) is 8.65. The van der Waals surface area contributed by atoms with Crippen LogP contribution in [-0.4, -0.2) is 43.2 Å². The average molecular weight is 441 g/mol. The third kappa shape index (κ3) is 4.44. The minimum Gasteiger partial charge on any atom is -0.340 e. The summed E-state index contributed by atoms with van der Waals surface area (Å²) in [7, 11) is 0. The van der Waals surface area contributed by atoms with Crippen LogP contribution in [-0.2, 0) is 0 Å². The van der Waals surface area contributed by atoms with Gasteiger partial charge in [0, 0.05) is 54.7 Å². The zero-order chi connectivity index (χ0) is 22.9. The van der Waals surface area contributed by atoms with E-state index in [0.29, 0.717) is 12.2 Å². The quantitative estimate of drug-likeness (QED) is 0.493. The topological polar surface area (TPSA) is 75.4 Å². The summed E-state index contributed by atoms with van der Waals surface area (Å²) in [5.74, 6) is 1.01. The number of likely N-dealkylation sites (tertiary alicyclic amines) is 1. The van der Waals surface area contributed by atoms with Crippen molar-refractivity contribution >= 4 is 23.1 Å². The first-order valence-electron chi connectivity index (χ1n) is 11.4. The molecule has 33 heavy (non-hydrogen) atoms. The first kappa shape index (κ1) is 21.1. The second-order valence-corrected chi connectivity index (χ2v) is 8.90. The normalized spacial score (nSPS) is 16.2. The van der Waals surface area contributed by atoms with Crippen molar-refractivity contribution in [2.24, 2.45) is 0 Å². The minimum atomic E-state index is -0.0174. The zero-order valence-corrected chi connectivity index (χ0v) is 19.2. The van der Waals surface area contributed by atoms with Crippen molar-refractivity contribution in [3.8, 4) is 0 Å². The van der Waals surface area contributed by atoms with Crippen molar-refractivity contribution in [3.63, 3.8) is 0 Å². The van der Waals surface area contributed by atoms with Gasteiger partial charge >= 0.3 is 0 Å². The molecule has 1 N–H and O–H groups in total. The van der Waals surface area contributed by atoms with E-state index in [0.717, 1.165) is 59.1 Å². The van der Waals surface area contributed by atoms with Crippen molar-refractivity contribution in [1.29, 1.82) is 0 Å². The summed E-state index contributed by atoms with van der Waals surface area (Å²) in [5.41, 5.74) is 6.43. The fourth-order valence-electron chi connectivity index (χ4n) is 4.48. The zero-order valence-electron chi connectivity index (χ0n) is 19.2. The van der Waals surface area contributed by atoms with Gasteiger partial charge in [-0.25, -0.2) is 9.97 Å². The number of carbonyl (C=O) groups excluding carboxylic acids is 1. The van der Waals surface area contributed by atoms with Crippen LogP contribution in [0.4, 0.5) is 11.5 Å². The van der Waals surface area contributed by atoms with Gasteiger partial charge in [-0.3, -0.25) is 9.78 Å². The van der Waals surface area contributed by atoms with Gasteiger partial charge in [0.2, 0.25) is 0 Å². The van der Waals surface area contributed by atoms with Gasteiger partial charge in [0.25, 0.3) is 5.91 Å². The number of fused-ring (bicyclic) bond motifs is 1. The van der Waals surface area contributed by atoms with E-state index in [9.17, 15) is 4.79 Å². The molecule has 7 nitrogen and oxygen atoms in total. The van der Waals surface area contributed by atoms with E-state index in [1.165, 1.54) is 0 Å². The molecule has 5 heterocycles. The Morgan fingerprint density at radius 1 is 1.12 bits per heavy atom. The lowest BCUT2D eigenvalue weighted by molar-refractivity contribution is 0.0700. The molecule has 7 heteroatoms. The van der Waals surface area contributed by atoms with E-state index >= 15 is 0 Å². The maximum Gasteiger partial charge on any atom is 0.274 e. The molecule has 1 aliphatic rings. The summed E-state index contributed by atoms with van der Waals surface area (Å²) in [6.45, 7) is 7.45. The molecule has 0 aliphatic carbocycles. The Kier molecular flexibility index (Phi) is 5.54. The predicted octanol–water partition coefficient (Wildman–Crippen LogP) is 4.81. The third-order valence-corrected chi connectivity index (χ3v) is 6.21. The maximum absolute atomic E-state index is 13.3. The Morgan fingerprint density at radius 3 is 2.85 bits per heavy atom. The van der Waals surface area contributed by atoms with Crippen LogP contribution in [0.3, 0.4) is 0 Å². The van der Waals surface area contributed by atoms with Crippen LogP contribution in [0.5, 0.6) is 0 Å². The molecule has 0 spiro atoms. The Morgan fingerprint density at radius 2 is 2.00 bits per heavy atom. The smallest absolute Gasteiger partial charge is 0.274 e. The summed E-state index contributed by atoms with van der Waals surface area (Å²) in [4.78, 5) is 29.0. The van der Waals surface area contributed by atoms with Crippen molar-refractivity contribution in [2.45, 2.75) is 39.5 Å². The van der Waals surface area contributed by atoms with Gasteiger partial charge < -0.3 is 14.6 Å². The third-order valence-electron chi connectivity index (χ3n) is 6.21. The van der Waals surface area contributed by atoms with Crippen molar-refractivity contribution in [2.75, 3.05) is 18.4 Å². The highest BCUT2D eigenvalue weighted by Gasteiger charge is 2.28. The molecular formula is C26H28N6O. The van der Waals surface area contributed by atoms with Crippen LogP contribution in [0.1, 0.15) is 51.8 Å². The number of piperidine rings is 1. The number of pyridine rings is 3. The average Bonchev–Trinajstić information content (AvgIpc) is 3.23. The van der Waals surface area contributed by atoms with Crippen molar-refractivity contribution in [1.82, 2.24) is 24.3 Å². The van der Waals surface area contributed by atoms with Gasteiger partial charge in [-0.15, -0.1) is 0 Å². The molecular weight excluding hydrogens is 412 g/mol. The molecule has 1 aliphatic heterocycles. The predicted molar refractivity (Wildman–Crippen MR) is 129 cm³/mol. The molecule has 5 rings (SSSR count). The van der Waals surface area contributed by atoms with Crippen LogP contribution >= 0.6 is 0 Å². The molecule has 1 amide bonds. The van der Waals surface area contributed by atoms with E-state index < -0.39 is 0 Å². The lowest BCUT2D eigenvalue weighted by atomic mass is 9.93. The lowest BCUT2D eigenvalue weighted by Crippen LogP contribution is -2.39. The number of amides is 1. The van der Waals surface area contributed by atoms with Gasteiger partial charge in [-0.1, -0.05) is 6.07 Å². The standard InChI is InChI=1S/C26H28N6O/c1-17-8-11-31-16-23(30-24(31)12-17)26(33)32-10-5-7-20(15-32)22-14-21(13-19(3)28-22)29-25-18(2)6-4-9-27-25/h4,6,8-9,11-14,16,20H,5,7,10,15H2,1-3H3,(H,27,28,29). The lowest BCUT2D eigenvalue weighted by Gasteiger charge is -2.32. The molecule has 168 valence electrons. The highest BCUT2D eigenvalue weighted by atomic mass is 16.2. The number of anilines is 2. The fraction of sp³-hybridized carbons (Fsp3) is 0.308. The molecule has 1 unspecified atom stereocenters. The molecule has 0 saturated carbocycles. The Bertz CT molecular complexity index is 1330. The summed E-state index contributed by atoms with van der Waals surface area (Å²) in [5, 5.41) is 3.43. The van der Waals surface area contributed by atoms with Gasteiger partial charge in [-0.2, -0.15) is 0 Å². The molecule has 4 aromatic rings. The molecule has 0 radical (unpaired) electrons. The summed E-state index contributed by atoms with van der Waals surface area (Å²) >= 11 is 0. The summed E-state index contributed by atoms with van der Waals surface area (Å²) in [6.07, 6.45) is 7.51. The Labute approximate surface area is 193 Å². The first-order chi connectivity index (χ1) is 16.0. The van der Waals surface area contributed by atoms with Crippen LogP contribution in [0, 0.1) is 20.8 Å². The number of rotatable bonds is 4. The Hall–Kier alpha value is -3.74. The van der Waals surface area contributed by atoms with Crippen molar-refractivity contribution in [3.05, 3.63) is 83.2 Å². The molecule has 4 aromatic heterocycles. The SMILES string of the molecule is Cc1ccn2cc(C(=O)N3CCCC(c4cc(Nc5ncccc5C)cc(C)n4)C3)nc2c1. The highest BCUT2D eigenvalue weighted by molar-refractivity contribution is 5.93. The molecule has 0 aromatic carbocycles. The van der Waals surface area contributed by atoms with E-state index in [1.807, 2.05) is 72.8 Å². The van der Waals surface area contributed by atoms with Gasteiger partial charge in [0.15, 0.2) is 0 Å². The van der Waals surface area contributed by atoms with E-state index in [2.05, 4.69) is 21.4 Å².